The van der Waals surface area contributed by atoms with Crippen LogP contribution in [0.3, 0.4) is 0 Å². The number of aryl methyl sites for hydroxylation is 1. The monoisotopic (exact) mass is 416 g/mol. The summed E-state index contributed by atoms with van der Waals surface area (Å²) in [4.78, 5) is 26.8. The lowest BCUT2D eigenvalue weighted by Crippen LogP contribution is -2.27. The first-order valence-corrected chi connectivity index (χ1v) is 11.0. The van der Waals surface area contributed by atoms with Crippen LogP contribution in [-0.2, 0) is 17.9 Å². The Morgan fingerprint density at radius 1 is 0.967 bits per heavy atom. The van der Waals surface area contributed by atoms with Crippen LogP contribution >= 0.6 is 11.8 Å². The Bertz CT molecular complexity index is 1020. The molecule has 30 heavy (non-hydrogen) atoms. The summed E-state index contributed by atoms with van der Waals surface area (Å²) in [5.41, 5.74) is 5.05. The first kappa shape index (κ1) is 20.2. The number of thioether (sulfide) groups is 1. The Balaban J connectivity index is 1.41. The predicted molar refractivity (Wildman–Crippen MR) is 121 cm³/mol. The van der Waals surface area contributed by atoms with Crippen LogP contribution in [0.15, 0.2) is 78.9 Å². The van der Waals surface area contributed by atoms with E-state index in [1.807, 2.05) is 90.7 Å². The van der Waals surface area contributed by atoms with Crippen LogP contribution in [-0.4, -0.2) is 22.5 Å². The molecule has 2 amide bonds. The van der Waals surface area contributed by atoms with Gasteiger partial charge in [-0.2, -0.15) is 0 Å². The topological polar surface area (TPSA) is 49.4 Å². The molecule has 1 fully saturated rings. The maximum Gasteiger partial charge on any atom is 0.251 e. The van der Waals surface area contributed by atoms with Crippen LogP contribution in [0.2, 0.25) is 0 Å². The average Bonchev–Trinajstić information content (AvgIpc) is 3.14. The van der Waals surface area contributed by atoms with Gasteiger partial charge in [-0.15, -0.1) is 11.8 Å². The Kier molecular flexibility index (Phi) is 6.19. The Hall–Kier alpha value is -3.05. The van der Waals surface area contributed by atoms with E-state index >= 15 is 0 Å². The van der Waals surface area contributed by atoms with Gasteiger partial charge in [-0.25, -0.2) is 0 Å². The molecule has 5 heteroatoms. The van der Waals surface area contributed by atoms with Crippen LogP contribution in [0.25, 0.3) is 0 Å². The highest BCUT2D eigenvalue weighted by atomic mass is 32.2. The number of amides is 2. The Morgan fingerprint density at radius 3 is 2.37 bits per heavy atom. The number of nitrogens with one attached hydrogen (secondary N) is 1. The Morgan fingerprint density at radius 2 is 1.67 bits per heavy atom. The molecule has 3 aromatic rings. The molecule has 1 N–H and O–H groups in total. The zero-order valence-electron chi connectivity index (χ0n) is 16.9. The molecule has 1 saturated heterocycles. The molecule has 1 heterocycles. The number of rotatable bonds is 6. The fraction of sp³-hybridized carbons (Fsp3) is 0.200. The van der Waals surface area contributed by atoms with Crippen molar-refractivity contribution in [2.75, 3.05) is 5.75 Å². The molecule has 0 bridgehead atoms. The summed E-state index contributed by atoms with van der Waals surface area (Å²) in [6, 6.07) is 25.7. The molecule has 0 radical (unpaired) electrons. The summed E-state index contributed by atoms with van der Waals surface area (Å²) in [7, 11) is 0. The lowest BCUT2D eigenvalue weighted by atomic mass is 10.1. The van der Waals surface area contributed by atoms with Crippen LogP contribution in [0.4, 0.5) is 0 Å². The van der Waals surface area contributed by atoms with Crippen molar-refractivity contribution in [1.82, 2.24) is 10.2 Å². The number of carbonyl (C=O) groups is 2. The van der Waals surface area contributed by atoms with Crippen molar-refractivity contribution in [2.45, 2.75) is 25.4 Å². The van der Waals surface area contributed by atoms with E-state index in [0.717, 1.165) is 16.7 Å². The van der Waals surface area contributed by atoms with Gasteiger partial charge in [0.05, 0.1) is 5.75 Å². The predicted octanol–water partition coefficient (Wildman–Crippen LogP) is 4.70. The zero-order chi connectivity index (χ0) is 20.9. The molecule has 0 spiro atoms. The first-order chi connectivity index (χ1) is 14.6. The van der Waals surface area contributed by atoms with E-state index in [1.165, 1.54) is 5.56 Å². The Labute approximate surface area is 181 Å². The van der Waals surface area contributed by atoms with Crippen molar-refractivity contribution >= 4 is 23.6 Å². The van der Waals surface area contributed by atoms with Crippen LogP contribution in [0, 0.1) is 6.92 Å². The molecule has 1 aliphatic rings. The van der Waals surface area contributed by atoms with E-state index in [1.54, 1.807) is 11.8 Å². The van der Waals surface area contributed by atoms with Gasteiger partial charge in [0.2, 0.25) is 5.91 Å². The van der Waals surface area contributed by atoms with Gasteiger partial charge in [-0.05, 0) is 35.7 Å². The van der Waals surface area contributed by atoms with Crippen LogP contribution in [0.5, 0.6) is 0 Å². The number of carbonyl (C=O) groups excluding carboxylic acids is 2. The van der Waals surface area contributed by atoms with Crippen molar-refractivity contribution in [3.05, 3.63) is 107 Å². The lowest BCUT2D eigenvalue weighted by Gasteiger charge is -2.24. The van der Waals surface area contributed by atoms with Gasteiger partial charge in [0, 0.05) is 18.7 Å². The summed E-state index contributed by atoms with van der Waals surface area (Å²) in [6.07, 6.45) is 0. The molecule has 152 valence electrons. The van der Waals surface area contributed by atoms with Crippen LogP contribution < -0.4 is 5.32 Å². The summed E-state index contributed by atoms with van der Waals surface area (Å²) < 4.78 is 0. The highest BCUT2D eigenvalue weighted by Crippen LogP contribution is 2.39. The molecule has 3 aromatic carbocycles. The van der Waals surface area contributed by atoms with Crippen molar-refractivity contribution in [1.29, 1.82) is 0 Å². The molecular formula is C25H24N2O2S. The standard InChI is InChI=1S/C25H24N2O2S/c1-18-7-9-19(10-8-18)15-26-24(29)21-11-13-22(14-12-21)25-27(23(28)17-30-25)16-20-5-3-2-4-6-20/h2-14,25H,15-17H2,1H3,(H,26,29)/t25-/m0/s1. The number of benzene rings is 3. The maximum atomic E-state index is 12.5. The molecule has 0 saturated carbocycles. The van der Waals surface area contributed by atoms with Gasteiger partial charge in [0.1, 0.15) is 5.37 Å². The first-order valence-electron chi connectivity index (χ1n) is 9.99. The van der Waals surface area contributed by atoms with E-state index in [0.29, 0.717) is 24.4 Å². The minimum Gasteiger partial charge on any atom is -0.348 e. The largest absolute Gasteiger partial charge is 0.348 e. The SMILES string of the molecule is Cc1ccc(CNC(=O)c2ccc([C@@H]3SCC(=O)N3Cc3ccccc3)cc2)cc1. The molecular weight excluding hydrogens is 392 g/mol. The third-order valence-corrected chi connectivity index (χ3v) is 6.45. The quantitative estimate of drug-likeness (QED) is 0.634. The van der Waals surface area contributed by atoms with E-state index in [4.69, 9.17) is 0 Å². The second-order valence-corrected chi connectivity index (χ2v) is 8.53. The van der Waals surface area contributed by atoms with Gasteiger partial charge in [-0.1, -0.05) is 72.3 Å². The maximum absolute atomic E-state index is 12.5. The molecule has 4 rings (SSSR count). The summed E-state index contributed by atoms with van der Waals surface area (Å²) in [5.74, 6) is 0.531. The molecule has 1 aliphatic heterocycles. The lowest BCUT2D eigenvalue weighted by molar-refractivity contribution is -0.128. The average molecular weight is 417 g/mol. The van der Waals surface area contributed by atoms with Gasteiger partial charge < -0.3 is 10.2 Å². The van der Waals surface area contributed by atoms with Crippen molar-refractivity contribution in [3.8, 4) is 0 Å². The third kappa shape index (κ3) is 4.74. The van der Waals surface area contributed by atoms with E-state index < -0.39 is 0 Å². The number of hydrogen-bond donors (Lipinski definition) is 1. The third-order valence-electron chi connectivity index (χ3n) is 5.20. The highest BCUT2D eigenvalue weighted by molar-refractivity contribution is 8.00. The summed E-state index contributed by atoms with van der Waals surface area (Å²) in [5, 5.41) is 2.94. The summed E-state index contributed by atoms with van der Waals surface area (Å²) in [6.45, 7) is 3.13. The second-order valence-electron chi connectivity index (χ2n) is 7.46. The van der Waals surface area contributed by atoms with Crippen molar-refractivity contribution in [3.63, 3.8) is 0 Å². The molecule has 0 aromatic heterocycles. The summed E-state index contributed by atoms with van der Waals surface area (Å²) >= 11 is 1.63. The molecule has 4 nitrogen and oxygen atoms in total. The van der Waals surface area contributed by atoms with E-state index in [2.05, 4.69) is 5.32 Å². The fourth-order valence-electron chi connectivity index (χ4n) is 3.47. The highest BCUT2D eigenvalue weighted by Gasteiger charge is 2.32. The fourth-order valence-corrected chi connectivity index (χ4v) is 4.66. The number of hydrogen-bond acceptors (Lipinski definition) is 3. The smallest absolute Gasteiger partial charge is 0.251 e. The van der Waals surface area contributed by atoms with E-state index in [9.17, 15) is 9.59 Å². The molecule has 1 atom stereocenters. The van der Waals surface area contributed by atoms with Crippen molar-refractivity contribution < 1.29 is 9.59 Å². The van der Waals surface area contributed by atoms with E-state index in [-0.39, 0.29) is 17.2 Å². The number of nitrogens with zero attached hydrogens (tertiary/aromatic N) is 1. The van der Waals surface area contributed by atoms with Gasteiger partial charge in [0.15, 0.2) is 0 Å². The minimum absolute atomic E-state index is 0.0256. The zero-order valence-corrected chi connectivity index (χ0v) is 17.7. The second kappa shape index (κ2) is 9.18. The minimum atomic E-state index is -0.0987. The van der Waals surface area contributed by atoms with Gasteiger partial charge >= 0.3 is 0 Å². The normalized spacial score (nSPS) is 16.0. The molecule has 0 unspecified atom stereocenters. The molecule has 0 aliphatic carbocycles. The van der Waals surface area contributed by atoms with Crippen molar-refractivity contribution in [2.24, 2.45) is 0 Å². The van der Waals surface area contributed by atoms with Gasteiger partial charge in [-0.3, -0.25) is 9.59 Å². The van der Waals surface area contributed by atoms with Gasteiger partial charge in [0.25, 0.3) is 5.91 Å². The van der Waals surface area contributed by atoms with Crippen LogP contribution in [0.1, 0.15) is 38.0 Å².